The number of nitrogens with two attached hydrogens (primary N) is 1. The highest BCUT2D eigenvalue weighted by Gasteiger charge is 2.06. The van der Waals surface area contributed by atoms with Gasteiger partial charge in [0.2, 0.25) is 0 Å². The molecule has 0 atom stereocenters. The fraction of sp³-hybridized carbons (Fsp3) is 0.364. The largest absolute Gasteiger partial charge is 0.330 e. The Hall–Kier alpha value is -1.35. The minimum atomic E-state index is 0.669. The molecule has 2 rings (SSSR count). The number of aryl methyl sites for hydroxylation is 2. The lowest BCUT2D eigenvalue weighted by Crippen LogP contribution is -2.06. The van der Waals surface area contributed by atoms with Crippen molar-refractivity contribution in [3.05, 3.63) is 35.3 Å². The number of nitrogens with zero attached hydrogens (tertiary/aromatic N) is 2. The smallest absolute Gasteiger partial charge is 0.137 e. The van der Waals surface area contributed by atoms with Crippen LogP contribution in [-0.2, 0) is 6.42 Å². The molecule has 0 saturated heterocycles. The Morgan fingerprint density at radius 2 is 2.21 bits per heavy atom. The van der Waals surface area contributed by atoms with Crippen molar-refractivity contribution in [1.82, 2.24) is 9.38 Å². The normalized spacial score (nSPS) is 11.1. The van der Waals surface area contributed by atoms with Gasteiger partial charge in [-0.25, -0.2) is 4.98 Å². The van der Waals surface area contributed by atoms with Crippen LogP contribution in [-0.4, -0.2) is 15.9 Å². The van der Waals surface area contributed by atoms with Crippen LogP contribution in [0.25, 0.3) is 5.65 Å². The summed E-state index contributed by atoms with van der Waals surface area (Å²) >= 11 is 0. The number of aromatic nitrogens is 2. The highest BCUT2D eigenvalue weighted by molar-refractivity contribution is 5.45. The first-order valence-corrected chi connectivity index (χ1v) is 4.86. The topological polar surface area (TPSA) is 43.3 Å². The van der Waals surface area contributed by atoms with Crippen LogP contribution in [0.2, 0.25) is 0 Å². The molecule has 3 heteroatoms. The van der Waals surface area contributed by atoms with E-state index in [9.17, 15) is 0 Å². The van der Waals surface area contributed by atoms with Crippen LogP contribution >= 0.6 is 0 Å². The molecule has 2 aromatic rings. The van der Waals surface area contributed by atoms with Crippen molar-refractivity contribution in [3.63, 3.8) is 0 Å². The van der Waals surface area contributed by atoms with Crippen molar-refractivity contribution >= 4 is 5.65 Å². The average molecular weight is 189 g/mol. The number of hydrogen-bond donors (Lipinski definition) is 1. The molecule has 0 unspecified atom stereocenters. The molecule has 2 N–H and O–H groups in total. The van der Waals surface area contributed by atoms with E-state index in [4.69, 9.17) is 5.73 Å². The van der Waals surface area contributed by atoms with Crippen LogP contribution in [0.3, 0.4) is 0 Å². The molecular weight excluding hydrogens is 174 g/mol. The average Bonchev–Trinajstić information content (AvgIpc) is 2.43. The lowest BCUT2D eigenvalue weighted by molar-refractivity contribution is 0.893. The maximum atomic E-state index is 5.57. The first-order chi connectivity index (χ1) is 6.72. The Morgan fingerprint density at radius 1 is 1.43 bits per heavy atom. The van der Waals surface area contributed by atoms with Crippen LogP contribution < -0.4 is 5.73 Å². The summed E-state index contributed by atoms with van der Waals surface area (Å²) in [5, 5.41) is 0. The van der Waals surface area contributed by atoms with Gasteiger partial charge in [0.25, 0.3) is 0 Å². The van der Waals surface area contributed by atoms with Gasteiger partial charge in [-0.05, 0) is 38.1 Å². The van der Waals surface area contributed by atoms with Crippen molar-refractivity contribution in [2.75, 3.05) is 6.54 Å². The lowest BCUT2D eigenvalue weighted by atomic mass is 10.2. The molecule has 0 saturated carbocycles. The minimum absolute atomic E-state index is 0.669. The third kappa shape index (κ3) is 1.40. The molecule has 0 spiro atoms. The Bertz CT molecular complexity index is 457. The SMILES string of the molecule is Cc1ccn2c(CCN)c(C)nc2c1. The zero-order valence-electron chi connectivity index (χ0n) is 8.62. The second kappa shape index (κ2) is 3.42. The van der Waals surface area contributed by atoms with Crippen molar-refractivity contribution in [2.45, 2.75) is 20.3 Å². The zero-order valence-corrected chi connectivity index (χ0v) is 8.62. The summed E-state index contributed by atoms with van der Waals surface area (Å²) < 4.78 is 2.12. The van der Waals surface area contributed by atoms with Crippen molar-refractivity contribution < 1.29 is 0 Å². The summed E-state index contributed by atoms with van der Waals surface area (Å²) in [5.41, 5.74) is 10.1. The molecule has 0 aromatic carbocycles. The Balaban J connectivity index is 2.64. The van der Waals surface area contributed by atoms with Gasteiger partial charge in [0.15, 0.2) is 0 Å². The van der Waals surface area contributed by atoms with E-state index in [0.29, 0.717) is 6.54 Å². The van der Waals surface area contributed by atoms with Gasteiger partial charge in [-0.3, -0.25) is 0 Å². The summed E-state index contributed by atoms with van der Waals surface area (Å²) in [4.78, 5) is 4.50. The highest BCUT2D eigenvalue weighted by Crippen LogP contribution is 2.13. The van der Waals surface area contributed by atoms with Gasteiger partial charge < -0.3 is 10.1 Å². The highest BCUT2D eigenvalue weighted by atomic mass is 15.0. The Morgan fingerprint density at radius 3 is 2.93 bits per heavy atom. The summed E-state index contributed by atoms with van der Waals surface area (Å²) in [6.07, 6.45) is 2.95. The quantitative estimate of drug-likeness (QED) is 0.777. The van der Waals surface area contributed by atoms with E-state index in [-0.39, 0.29) is 0 Å². The molecule has 14 heavy (non-hydrogen) atoms. The monoisotopic (exact) mass is 189 g/mol. The van der Waals surface area contributed by atoms with Crippen LogP contribution in [0, 0.1) is 13.8 Å². The van der Waals surface area contributed by atoms with Gasteiger partial charge in [0.1, 0.15) is 5.65 Å². The Labute approximate surface area is 83.6 Å². The predicted octanol–water partition coefficient (Wildman–Crippen LogP) is 1.45. The molecule has 0 bridgehead atoms. The van der Waals surface area contributed by atoms with E-state index in [0.717, 1.165) is 17.8 Å². The molecule has 74 valence electrons. The summed E-state index contributed by atoms with van der Waals surface area (Å²) in [6.45, 7) is 4.78. The second-order valence-electron chi connectivity index (χ2n) is 3.61. The Kier molecular flexibility index (Phi) is 2.25. The second-order valence-corrected chi connectivity index (χ2v) is 3.61. The number of hydrogen-bond acceptors (Lipinski definition) is 2. The molecule has 0 aliphatic carbocycles. The van der Waals surface area contributed by atoms with Crippen molar-refractivity contribution in [1.29, 1.82) is 0 Å². The number of rotatable bonds is 2. The molecule has 0 aliphatic rings. The van der Waals surface area contributed by atoms with E-state index >= 15 is 0 Å². The first kappa shape index (κ1) is 9.21. The number of imidazole rings is 1. The van der Waals surface area contributed by atoms with Gasteiger partial charge in [-0.2, -0.15) is 0 Å². The van der Waals surface area contributed by atoms with E-state index in [1.165, 1.54) is 11.3 Å². The zero-order chi connectivity index (χ0) is 10.1. The minimum Gasteiger partial charge on any atom is -0.330 e. The molecule has 2 aromatic heterocycles. The number of fused-ring (bicyclic) bond motifs is 1. The molecule has 3 nitrogen and oxygen atoms in total. The third-order valence-electron chi connectivity index (χ3n) is 2.46. The third-order valence-corrected chi connectivity index (χ3v) is 2.46. The summed E-state index contributed by atoms with van der Waals surface area (Å²) in [7, 11) is 0. The molecule has 0 radical (unpaired) electrons. The molecular formula is C11H15N3. The van der Waals surface area contributed by atoms with E-state index in [1.54, 1.807) is 0 Å². The number of pyridine rings is 1. The maximum Gasteiger partial charge on any atom is 0.137 e. The van der Waals surface area contributed by atoms with Gasteiger partial charge >= 0.3 is 0 Å². The van der Waals surface area contributed by atoms with Crippen LogP contribution in [0.4, 0.5) is 0 Å². The molecule has 2 heterocycles. The fourth-order valence-electron chi connectivity index (χ4n) is 1.75. The molecule has 0 aliphatic heterocycles. The maximum absolute atomic E-state index is 5.57. The van der Waals surface area contributed by atoms with Gasteiger partial charge in [0, 0.05) is 18.3 Å². The van der Waals surface area contributed by atoms with Gasteiger partial charge in [0.05, 0.1) is 5.69 Å². The lowest BCUT2D eigenvalue weighted by Gasteiger charge is -2.00. The first-order valence-electron chi connectivity index (χ1n) is 4.86. The van der Waals surface area contributed by atoms with Gasteiger partial charge in [-0.1, -0.05) is 0 Å². The standard InChI is InChI=1S/C11H15N3/c1-8-4-6-14-10(3-5-12)9(2)13-11(14)7-8/h4,6-7H,3,5,12H2,1-2H3. The van der Waals surface area contributed by atoms with Crippen LogP contribution in [0.15, 0.2) is 18.3 Å². The van der Waals surface area contributed by atoms with Crippen LogP contribution in [0.1, 0.15) is 17.0 Å². The summed E-state index contributed by atoms with van der Waals surface area (Å²) in [5.74, 6) is 0. The van der Waals surface area contributed by atoms with Crippen molar-refractivity contribution in [2.24, 2.45) is 5.73 Å². The van der Waals surface area contributed by atoms with Crippen LogP contribution in [0.5, 0.6) is 0 Å². The predicted molar refractivity (Wildman–Crippen MR) is 57.4 cm³/mol. The van der Waals surface area contributed by atoms with Gasteiger partial charge in [-0.15, -0.1) is 0 Å². The van der Waals surface area contributed by atoms with E-state index in [1.807, 2.05) is 6.92 Å². The fourth-order valence-corrected chi connectivity index (χ4v) is 1.75. The van der Waals surface area contributed by atoms with Crippen molar-refractivity contribution in [3.8, 4) is 0 Å². The van der Waals surface area contributed by atoms with E-state index < -0.39 is 0 Å². The molecule has 0 fully saturated rings. The summed E-state index contributed by atoms with van der Waals surface area (Å²) in [6, 6.07) is 4.18. The van der Waals surface area contributed by atoms with E-state index in [2.05, 4.69) is 34.6 Å². The molecule has 0 amide bonds.